The molecular weight excluding hydrogens is 383 g/mol. The van der Waals surface area contributed by atoms with Gasteiger partial charge in [-0.2, -0.15) is 0 Å². The lowest BCUT2D eigenvalue weighted by molar-refractivity contribution is 0.0129. The number of hydrogen-bond donors (Lipinski definition) is 0. The summed E-state index contributed by atoms with van der Waals surface area (Å²) in [6.45, 7) is 1.62. The number of benzene rings is 3. The van der Waals surface area contributed by atoms with E-state index in [1.807, 2.05) is 24.3 Å². The van der Waals surface area contributed by atoms with E-state index in [0.29, 0.717) is 11.1 Å². The first kappa shape index (κ1) is 18.9. The zero-order chi connectivity index (χ0) is 20.4. The fraction of sp³-hybridized carbons (Fsp3) is 0.0800. The van der Waals surface area contributed by atoms with Crippen molar-refractivity contribution in [3.8, 4) is 17.2 Å². The quantitative estimate of drug-likeness (QED) is 0.224. The summed E-state index contributed by atoms with van der Waals surface area (Å²) in [5.74, 6) is 1.61. The van der Waals surface area contributed by atoms with Gasteiger partial charge in [-0.15, -0.1) is 6.42 Å². The van der Waals surface area contributed by atoms with E-state index < -0.39 is 11.6 Å². The maximum atomic E-state index is 13.2. The lowest BCUT2D eigenvalue weighted by atomic mass is 9.96. The lowest BCUT2D eigenvalue weighted by Crippen LogP contribution is -2.27. The maximum absolute atomic E-state index is 13.2. The number of fused-ring (bicyclic) bond motifs is 1. The number of terminal acetylenes is 1. The molecule has 2 atom stereocenters. The van der Waals surface area contributed by atoms with Crippen LogP contribution in [0.1, 0.15) is 22.8 Å². The van der Waals surface area contributed by atoms with Crippen LogP contribution in [-0.4, -0.2) is 5.97 Å². The fourth-order valence-electron chi connectivity index (χ4n) is 3.16. The van der Waals surface area contributed by atoms with Gasteiger partial charge in [0.25, 0.3) is 0 Å². The monoisotopic (exact) mass is 401 g/mol. The van der Waals surface area contributed by atoms with E-state index in [4.69, 9.17) is 11.2 Å². The summed E-state index contributed by atoms with van der Waals surface area (Å²) in [5, 5.41) is 3.41. The Kier molecular flexibility index (Phi) is 4.92. The predicted molar refractivity (Wildman–Crippen MR) is 116 cm³/mol. The van der Waals surface area contributed by atoms with Gasteiger partial charge in [-0.3, -0.25) is 0 Å². The van der Waals surface area contributed by atoms with Crippen LogP contribution in [0.15, 0.2) is 84.2 Å². The molecule has 3 aromatic carbocycles. The van der Waals surface area contributed by atoms with Gasteiger partial charge in [-0.1, -0.05) is 30.2 Å². The average molecular weight is 401 g/mol. The van der Waals surface area contributed by atoms with Gasteiger partial charge < -0.3 is 4.74 Å². The molecule has 0 amide bonds. The zero-order valence-electron chi connectivity index (χ0n) is 15.8. The Morgan fingerprint density at radius 2 is 1.69 bits per heavy atom. The molecule has 1 aromatic heterocycles. The van der Waals surface area contributed by atoms with Gasteiger partial charge >= 0.3 is 5.97 Å². The number of carbonyl (C=O) groups is 1. The number of ether oxygens (including phenoxy) is 1. The summed E-state index contributed by atoms with van der Waals surface area (Å²) in [5.41, 5.74) is -0.323. The second-order valence-corrected chi connectivity index (χ2v) is 8.64. The second kappa shape index (κ2) is 7.54. The third-order valence-corrected chi connectivity index (χ3v) is 6.88. The normalized spacial score (nSPS) is 13.5. The first-order chi connectivity index (χ1) is 14.0. The lowest BCUT2D eigenvalue weighted by Gasteiger charge is -2.24. The molecule has 29 heavy (non-hydrogen) atoms. The van der Waals surface area contributed by atoms with E-state index in [1.54, 1.807) is 19.1 Å². The molecule has 0 aliphatic heterocycles. The van der Waals surface area contributed by atoms with E-state index >= 15 is 0 Å². The van der Waals surface area contributed by atoms with E-state index in [0.717, 1.165) is 4.90 Å². The topological polar surface area (TPSA) is 26.3 Å². The summed E-state index contributed by atoms with van der Waals surface area (Å²) in [6.07, 6.45) is 5.63. The number of carbonyl (C=O) groups excluding carboxylic acids is 1. The molecule has 0 aliphatic rings. The highest BCUT2D eigenvalue weighted by Gasteiger charge is 2.29. The van der Waals surface area contributed by atoms with E-state index in [1.165, 1.54) is 34.4 Å². The molecule has 0 aliphatic carbocycles. The highest BCUT2D eigenvalue weighted by molar-refractivity contribution is 7.43. The summed E-state index contributed by atoms with van der Waals surface area (Å²) < 4.78 is 20.1. The second-order valence-electron chi connectivity index (χ2n) is 6.78. The van der Waals surface area contributed by atoms with Crippen LogP contribution in [0.5, 0.6) is 0 Å². The number of halogens is 1. The SMILES string of the molecule is C#CC(C)(OC(=O)c1ccc(-[s+]2ccc3ccccc32)cc1)c1ccc(F)cc1. The Labute approximate surface area is 171 Å². The molecule has 0 spiro atoms. The van der Waals surface area contributed by atoms with Crippen LogP contribution in [0.4, 0.5) is 4.39 Å². The highest BCUT2D eigenvalue weighted by atomic mass is 32.2. The molecule has 0 saturated heterocycles. The predicted octanol–water partition coefficient (Wildman–Crippen LogP) is 6.42. The summed E-state index contributed by atoms with van der Waals surface area (Å²) in [7, 11) is -0.140. The molecule has 4 aromatic rings. The molecule has 0 saturated carbocycles. The van der Waals surface area contributed by atoms with Crippen molar-refractivity contribution in [2.75, 3.05) is 0 Å². The molecule has 2 nitrogen and oxygen atoms in total. The Bertz CT molecular complexity index is 1220. The van der Waals surface area contributed by atoms with Gasteiger partial charge in [0.2, 0.25) is 0 Å². The number of rotatable bonds is 4. The van der Waals surface area contributed by atoms with Gasteiger partial charge in [0.15, 0.2) is 15.2 Å². The van der Waals surface area contributed by atoms with Gasteiger partial charge in [0.05, 0.1) is 5.56 Å². The van der Waals surface area contributed by atoms with Gasteiger partial charge in [-0.25, -0.2) is 9.18 Å². The average Bonchev–Trinajstić information content (AvgIpc) is 3.18. The van der Waals surface area contributed by atoms with Crippen LogP contribution >= 0.6 is 10.5 Å². The molecule has 0 radical (unpaired) electrons. The van der Waals surface area contributed by atoms with Crippen LogP contribution in [0.3, 0.4) is 0 Å². The van der Waals surface area contributed by atoms with Crippen molar-refractivity contribution in [2.24, 2.45) is 0 Å². The molecule has 0 bridgehead atoms. The summed E-state index contributed by atoms with van der Waals surface area (Å²) in [4.78, 5) is 13.8. The molecule has 1 heterocycles. The van der Waals surface area contributed by atoms with Crippen molar-refractivity contribution < 1.29 is 13.9 Å². The van der Waals surface area contributed by atoms with Gasteiger partial charge in [-0.05, 0) is 55.5 Å². The number of hydrogen-bond acceptors (Lipinski definition) is 2. The molecule has 142 valence electrons. The van der Waals surface area contributed by atoms with Crippen molar-refractivity contribution >= 4 is 26.5 Å². The third kappa shape index (κ3) is 3.65. The van der Waals surface area contributed by atoms with Gasteiger partial charge in [0, 0.05) is 27.5 Å². The summed E-state index contributed by atoms with van der Waals surface area (Å²) in [6, 6.07) is 23.4. The van der Waals surface area contributed by atoms with Crippen LogP contribution in [0.25, 0.3) is 15.0 Å². The molecule has 4 heteroatoms. The largest absolute Gasteiger partial charge is 0.438 e. The minimum absolute atomic E-state index is 0.140. The first-order valence-electron chi connectivity index (χ1n) is 9.08. The minimum Gasteiger partial charge on any atom is -0.438 e. The van der Waals surface area contributed by atoms with Crippen molar-refractivity contribution in [2.45, 2.75) is 12.5 Å². The Morgan fingerprint density at radius 3 is 2.38 bits per heavy atom. The number of thiophene rings is 1. The Hall–Kier alpha value is -3.42. The third-order valence-electron chi connectivity index (χ3n) is 4.85. The van der Waals surface area contributed by atoms with Gasteiger partial charge in [0.1, 0.15) is 11.2 Å². The van der Waals surface area contributed by atoms with Crippen molar-refractivity contribution in [1.82, 2.24) is 0 Å². The van der Waals surface area contributed by atoms with Crippen LogP contribution in [-0.2, 0) is 10.3 Å². The maximum Gasteiger partial charge on any atom is 0.339 e. The highest BCUT2D eigenvalue weighted by Crippen LogP contribution is 2.39. The Balaban J connectivity index is 1.58. The standard InChI is InChI=1S/C25H18FO2S/c1-3-25(2,20-10-12-21(26)13-11-20)28-24(27)19-8-14-22(15-9-19)29-17-16-18-6-4-5-7-23(18)29/h1,4-17H,2H3/q+1. The van der Waals surface area contributed by atoms with Crippen LogP contribution in [0, 0.1) is 18.2 Å². The Morgan fingerprint density at radius 1 is 1.00 bits per heavy atom. The van der Waals surface area contributed by atoms with Crippen molar-refractivity contribution in [3.05, 3.63) is 101 Å². The molecular formula is C25H18FO2S+. The minimum atomic E-state index is -1.28. The molecule has 2 unspecified atom stereocenters. The van der Waals surface area contributed by atoms with E-state index in [9.17, 15) is 9.18 Å². The fourth-order valence-corrected chi connectivity index (χ4v) is 5.05. The van der Waals surface area contributed by atoms with Crippen LogP contribution in [0.2, 0.25) is 0 Å². The van der Waals surface area contributed by atoms with Crippen molar-refractivity contribution in [1.29, 1.82) is 0 Å². The first-order valence-corrected chi connectivity index (χ1v) is 10.4. The molecule has 0 fully saturated rings. The molecule has 0 N–H and O–H groups in total. The summed E-state index contributed by atoms with van der Waals surface area (Å²) >= 11 is 0. The van der Waals surface area contributed by atoms with E-state index in [2.05, 4.69) is 29.5 Å². The molecule has 4 rings (SSSR count). The van der Waals surface area contributed by atoms with Crippen molar-refractivity contribution in [3.63, 3.8) is 0 Å². The van der Waals surface area contributed by atoms with E-state index in [-0.39, 0.29) is 16.3 Å². The number of esters is 1. The zero-order valence-corrected chi connectivity index (χ0v) is 16.6. The smallest absolute Gasteiger partial charge is 0.339 e. The van der Waals surface area contributed by atoms with Crippen LogP contribution < -0.4 is 0 Å².